The molecule has 0 bridgehead atoms. The Hall–Kier alpha value is -2.63. The molecule has 3 N–H and O–H groups in total. The van der Waals surface area contributed by atoms with Gasteiger partial charge in [0, 0.05) is 18.0 Å². The van der Waals surface area contributed by atoms with Gasteiger partial charge in [0.05, 0.1) is 39.2 Å². The molecule has 1 fully saturated rings. The van der Waals surface area contributed by atoms with Crippen LogP contribution in [0.5, 0.6) is 0 Å². The predicted molar refractivity (Wildman–Crippen MR) is 140 cm³/mol. The Balaban J connectivity index is 0.00000259. The highest BCUT2D eigenvalue weighted by Crippen LogP contribution is 2.39. The quantitative estimate of drug-likeness (QED) is 0.340. The van der Waals surface area contributed by atoms with Gasteiger partial charge in [-0.15, -0.1) is 0 Å². The van der Waals surface area contributed by atoms with Crippen LogP contribution < -0.4 is 11.1 Å². The van der Waals surface area contributed by atoms with Gasteiger partial charge in [-0.25, -0.2) is 4.98 Å². The van der Waals surface area contributed by atoms with Gasteiger partial charge in [-0.05, 0) is 75.4 Å². The van der Waals surface area contributed by atoms with Crippen LogP contribution in [0.25, 0.3) is 27.7 Å². The smallest absolute Gasteiger partial charge is 0.116 e. The van der Waals surface area contributed by atoms with Gasteiger partial charge in [0.1, 0.15) is 5.82 Å². The van der Waals surface area contributed by atoms with Crippen LogP contribution in [0.2, 0.25) is 5.02 Å². The lowest BCUT2D eigenvalue weighted by atomic mass is 9.89. The highest BCUT2D eigenvalue weighted by atomic mass is 35.5. The van der Waals surface area contributed by atoms with Gasteiger partial charge >= 0.3 is 0 Å². The summed E-state index contributed by atoms with van der Waals surface area (Å²) >= 11 is 6.85. The number of piperidine rings is 1. The zero-order chi connectivity index (χ0) is 22.6. The molecule has 4 aromatic rings. The van der Waals surface area contributed by atoms with Gasteiger partial charge in [-0.1, -0.05) is 37.6 Å². The maximum Gasteiger partial charge on any atom is 0.116 e. The monoisotopic (exact) mass is 463 g/mol. The Morgan fingerprint density at radius 2 is 1.73 bits per heavy atom. The van der Waals surface area contributed by atoms with E-state index in [1.807, 2.05) is 6.20 Å². The number of imidazole rings is 1. The minimum Gasteiger partial charge on any atom is -0.365 e. The number of anilines is 1. The van der Waals surface area contributed by atoms with Crippen LogP contribution in [0.15, 0.2) is 42.6 Å². The summed E-state index contributed by atoms with van der Waals surface area (Å²) in [5.41, 5.74) is 7.67. The molecule has 1 aliphatic heterocycles. The fourth-order valence-corrected chi connectivity index (χ4v) is 5.38. The molecule has 1 aliphatic rings. The number of hydrogen-bond acceptors (Lipinski definition) is 4. The number of hydrogen-bond donors (Lipinski definition) is 1. The molecule has 33 heavy (non-hydrogen) atoms. The summed E-state index contributed by atoms with van der Waals surface area (Å²) in [5.74, 6) is 1.40. The van der Waals surface area contributed by atoms with Gasteiger partial charge < -0.3 is 11.1 Å². The van der Waals surface area contributed by atoms with Crippen molar-refractivity contribution in [3.63, 3.8) is 0 Å². The van der Waals surface area contributed by atoms with Crippen LogP contribution in [0.4, 0.5) is 5.69 Å². The highest BCUT2D eigenvalue weighted by molar-refractivity contribution is 6.33. The van der Waals surface area contributed by atoms with Crippen molar-refractivity contribution in [2.24, 2.45) is 0 Å². The number of rotatable bonds is 3. The Kier molecular flexibility index (Phi) is 6.14. The summed E-state index contributed by atoms with van der Waals surface area (Å²) in [4.78, 5) is 12.0. The number of benzene rings is 2. The Bertz CT molecular complexity index is 1320. The number of aromatic nitrogens is 3. The first-order valence-corrected chi connectivity index (χ1v) is 12.0. The van der Waals surface area contributed by atoms with Crippen LogP contribution >= 0.6 is 11.6 Å². The van der Waals surface area contributed by atoms with Crippen molar-refractivity contribution in [2.75, 3.05) is 11.4 Å². The molecule has 5 nitrogen and oxygen atoms in total. The van der Waals surface area contributed by atoms with Crippen molar-refractivity contribution in [1.82, 2.24) is 20.5 Å². The van der Waals surface area contributed by atoms with E-state index in [2.05, 4.69) is 80.3 Å². The third-order valence-corrected chi connectivity index (χ3v) is 7.21. The van der Waals surface area contributed by atoms with E-state index in [1.165, 1.54) is 19.3 Å². The van der Waals surface area contributed by atoms with E-state index in [0.29, 0.717) is 5.92 Å². The molecule has 0 radical (unpaired) electrons. The fraction of sp³-hybridized carbons (Fsp3) is 0.407. The molecule has 0 saturated carbocycles. The van der Waals surface area contributed by atoms with Crippen LogP contribution in [-0.2, 0) is 0 Å². The van der Waals surface area contributed by atoms with Crippen molar-refractivity contribution in [3.05, 3.63) is 59.1 Å². The first-order chi connectivity index (χ1) is 15.3. The second kappa shape index (κ2) is 8.62. The number of aryl methyl sites for hydroxylation is 1. The maximum absolute atomic E-state index is 6.85. The number of nitrogens with zero attached hydrogens (tertiary/aromatic N) is 4. The second-order valence-electron chi connectivity index (χ2n) is 9.98. The second-order valence-corrected chi connectivity index (χ2v) is 10.4. The average molecular weight is 464 g/mol. The van der Waals surface area contributed by atoms with Crippen LogP contribution in [0.3, 0.4) is 0 Å². The van der Waals surface area contributed by atoms with Crippen LogP contribution in [0, 0.1) is 6.92 Å². The Labute approximate surface area is 201 Å². The lowest BCUT2D eigenvalue weighted by molar-refractivity contribution is 0.362. The number of halogens is 1. The van der Waals surface area contributed by atoms with Gasteiger partial charge in [-0.3, -0.25) is 9.38 Å². The van der Waals surface area contributed by atoms with Crippen molar-refractivity contribution in [2.45, 2.75) is 65.3 Å². The average Bonchev–Trinajstić information content (AvgIpc) is 3.11. The van der Waals surface area contributed by atoms with Gasteiger partial charge in [-0.2, -0.15) is 0 Å². The first-order valence-electron chi connectivity index (χ1n) is 11.6. The van der Waals surface area contributed by atoms with Gasteiger partial charge in [0.2, 0.25) is 0 Å². The van der Waals surface area contributed by atoms with Crippen molar-refractivity contribution in [1.29, 1.82) is 0 Å². The summed E-state index contributed by atoms with van der Waals surface area (Å²) in [6, 6.07) is 12.9. The van der Waals surface area contributed by atoms with E-state index in [1.54, 1.807) is 0 Å². The first kappa shape index (κ1) is 23.5. The molecule has 0 unspecified atom stereocenters. The molecule has 5 rings (SSSR count). The lowest BCUT2D eigenvalue weighted by Gasteiger charge is -2.44. The topological polar surface area (TPSA) is 68.4 Å². The van der Waals surface area contributed by atoms with E-state index >= 15 is 0 Å². The molecule has 0 spiro atoms. The molecule has 1 saturated heterocycles. The van der Waals surface area contributed by atoms with Crippen molar-refractivity contribution >= 4 is 33.8 Å². The van der Waals surface area contributed by atoms with E-state index in [0.717, 1.165) is 56.5 Å². The summed E-state index contributed by atoms with van der Waals surface area (Å²) in [6.45, 7) is 12.1. The SMILES string of the molecule is Cc1nc(C(C)C)n2c1cnc1ccc(-c3ccc(N4CCCCC4(C)C)c(Cl)c3)cc12.N. The molecule has 6 heteroatoms. The van der Waals surface area contributed by atoms with Gasteiger partial charge in [0.25, 0.3) is 0 Å². The van der Waals surface area contributed by atoms with E-state index < -0.39 is 0 Å². The molecule has 0 amide bonds. The van der Waals surface area contributed by atoms with E-state index in [4.69, 9.17) is 21.6 Å². The Morgan fingerprint density at radius 3 is 2.42 bits per heavy atom. The molecule has 3 heterocycles. The van der Waals surface area contributed by atoms with Crippen LogP contribution in [-0.4, -0.2) is 26.5 Å². The summed E-state index contributed by atoms with van der Waals surface area (Å²) in [5, 5.41) is 0.815. The fourth-order valence-electron chi connectivity index (χ4n) is 5.09. The number of fused-ring (bicyclic) bond motifs is 3. The van der Waals surface area contributed by atoms with E-state index in [9.17, 15) is 0 Å². The van der Waals surface area contributed by atoms with Gasteiger partial charge in [0.15, 0.2) is 0 Å². The minimum atomic E-state index is 0. The van der Waals surface area contributed by atoms with E-state index in [-0.39, 0.29) is 11.7 Å². The predicted octanol–water partition coefficient (Wildman–Crippen LogP) is 7.57. The molecular weight excluding hydrogens is 430 g/mol. The van der Waals surface area contributed by atoms with Crippen molar-refractivity contribution in [3.8, 4) is 11.1 Å². The maximum atomic E-state index is 6.85. The zero-order valence-corrected chi connectivity index (χ0v) is 21.1. The summed E-state index contributed by atoms with van der Waals surface area (Å²) in [6.07, 6.45) is 5.63. The summed E-state index contributed by atoms with van der Waals surface area (Å²) < 4.78 is 2.26. The molecule has 2 aromatic heterocycles. The summed E-state index contributed by atoms with van der Waals surface area (Å²) in [7, 11) is 0. The standard InChI is InChI=1S/C27H31ClN4.H3N/c1-17(2)26-30-18(3)25-16-29-22-10-8-20(15-24(22)32(25)26)19-9-11-23(21(28)14-19)31-13-7-6-12-27(31,4)5;/h8-11,14-17H,6-7,12-13H2,1-5H3;1H3. The normalized spacial score (nSPS) is 15.9. The zero-order valence-electron chi connectivity index (χ0n) is 20.3. The highest BCUT2D eigenvalue weighted by Gasteiger charge is 2.31. The molecule has 0 atom stereocenters. The third-order valence-electron chi connectivity index (χ3n) is 6.90. The van der Waals surface area contributed by atoms with Crippen molar-refractivity contribution < 1.29 is 0 Å². The van der Waals surface area contributed by atoms with Crippen LogP contribution in [0.1, 0.15) is 64.4 Å². The molecular formula is C27H34ClN5. The molecule has 2 aromatic carbocycles. The molecule has 0 aliphatic carbocycles. The molecule has 174 valence electrons. The minimum absolute atomic E-state index is 0. The Morgan fingerprint density at radius 1 is 1.00 bits per heavy atom. The lowest BCUT2D eigenvalue weighted by Crippen LogP contribution is -2.47. The largest absolute Gasteiger partial charge is 0.365 e. The third kappa shape index (κ3) is 3.98.